The lowest BCUT2D eigenvalue weighted by atomic mass is 10.0. The van der Waals surface area contributed by atoms with Crippen LogP contribution in [0.15, 0.2) is 18.2 Å². The van der Waals surface area contributed by atoms with Crippen LogP contribution in [0.4, 0.5) is 10.5 Å². The summed E-state index contributed by atoms with van der Waals surface area (Å²) in [4.78, 5) is 12.3. The molecule has 0 spiro atoms. The molecule has 1 aromatic rings. The summed E-state index contributed by atoms with van der Waals surface area (Å²) in [6.45, 7) is 1.48. The van der Waals surface area contributed by atoms with Crippen molar-refractivity contribution < 1.29 is 9.90 Å². The quantitative estimate of drug-likeness (QED) is 0.793. The number of nitrogens with one attached hydrogen (secondary N) is 1. The molecule has 112 valence electrons. The van der Waals surface area contributed by atoms with Gasteiger partial charge >= 0.3 is 6.09 Å². The van der Waals surface area contributed by atoms with E-state index in [4.69, 9.17) is 34.8 Å². The SMILES string of the molecule is Cl.O=C(O)N(CC(Cl)(Cl)Cl)c1ccc2c(c1)CCNC2. The Labute approximate surface area is 138 Å². The van der Waals surface area contributed by atoms with Crippen LogP contribution in [0.5, 0.6) is 0 Å². The van der Waals surface area contributed by atoms with Crippen molar-refractivity contribution in [1.29, 1.82) is 0 Å². The standard InChI is InChI=1S/C12H13Cl3N2O2.ClH/c13-12(14,15)7-17(11(18)19)10-2-1-9-6-16-4-3-8(9)5-10;/h1-2,5,16H,3-4,6-7H2,(H,18,19);1H. The van der Waals surface area contributed by atoms with E-state index >= 15 is 0 Å². The first-order chi connectivity index (χ1) is 8.87. The number of carboxylic acid groups (broad SMARTS) is 1. The predicted octanol–water partition coefficient (Wildman–Crippen LogP) is 3.61. The number of halogens is 4. The van der Waals surface area contributed by atoms with E-state index in [1.165, 1.54) is 5.56 Å². The molecule has 0 aromatic heterocycles. The van der Waals surface area contributed by atoms with Crippen molar-refractivity contribution in [3.05, 3.63) is 29.3 Å². The highest BCUT2D eigenvalue weighted by Gasteiger charge is 2.28. The number of anilines is 1. The van der Waals surface area contributed by atoms with Gasteiger partial charge in [-0.2, -0.15) is 0 Å². The fourth-order valence-corrected chi connectivity index (χ4v) is 2.44. The van der Waals surface area contributed by atoms with Crippen LogP contribution in [0.2, 0.25) is 0 Å². The first-order valence-corrected chi connectivity index (χ1v) is 6.90. The molecule has 0 aliphatic carbocycles. The fraction of sp³-hybridized carbons (Fsp3) is 0.417. The first kappa shape index (κ1) is 17.7. The number of benzene rings is 1. The Balaban J connectivity index is 0.00000200. The summed E-state index contributed by atoms with van der Waals surface area (Å²) in [5.41, 5.74) is 2.83. The fourth-order valence-electron chi connectivity index (χ4n) is 2.08. The van der Waals surface area contributed by atoms with Gasteiger partial charge in [-0.1, -0.05) is 40.9 Å². The number of nitrogens with zero attached hydrogens (tertiary/aromatic N) is 1. The van der Waals surface area contributed by atoms with Gasteiger partial charge in [-0.05, 0) is 36.2 Å². The number of amides is 1. The maximum absolute atomic E-state index is 11.3. The van der Waals surface area contributed by atoms with Gasteiger partial charge in [-0.3, -0.25) is 4.90 Å². The molecular formula is C12H14Cl4N2O2. The normalized spacial score (nSPS) is 14.2. The Morgan fingerprint density at radius 1 is 1.35 bits per heavy atom. The highest BCUT2D eigenvalue weighted by atomic mass is 35.6. The number of fused-ring (bicyclic) bond motifs is 1. The topological polar surface area (TPSA) is 52.6 Å². The summed E-state index contributed by atoms with van der Waals surface area (Å²) in [5, 5.41) is 12.5. The molecule has 0 saturated heterocycles. The molecule has 20 heavy (non-hydrogen) atoms. The van der Waals surface area contributed by atoms with Crippen molar-refractivity contribution in [1.82, 2.24) is 5.32 Å². The van der Waals surface area contributed by atoms with E-state index in [1.54, 1.807) is 6.07 Å². The first-order valence-electron chi connectivity index (χ1n) is 5.76. The van der Waals surface area contributed by atoms with Crippen LogP contribution in [0, 0.1) is 0 Å². The Morgan fingerprint density at radius 3 is 2.65 bits per heavy atom. The predicted molar refractivity (Wildman–Crippen MR) is 84.8 cm³/mol. The van der Waals surface area contributed by atoms with Gasteiger partial charge in [0.1, 0.15) is 0 Å². The van der Waals surface area contributed by atoms with Crippen molar-refractivity contribution in [2.75, 3.05) is 18.0 Å². The van der Waals surface area contributed by atoms with Gasteiger partial charge in [0.2, 0.25) is 3.79 Å². The minimum Gasteiger partial charge on any atom is -0.465 e. The van der Waals surface area contributed by atoms with E-state index in [2.05, 4.69) is 5.32 Å². The largest absolute Gasteiger partial charge is 0.465 e. The van der Waals surface area contributed by atoms with E-state index in [0.29, 0.717) is 5.69 Å². The lowest BCUT2D eigenvalue weighted by Gasteiger charge is -2.25. The molecule has 1 heterocycles. The number of rotatable bonds is 2. The van der Waals surface area contributed by atoms with Crippen molar-refractivity contribution >= 4 is 59.0 Å². The molecule has 1 aliphatic rings. The average Bonchev–Trinajstić information content (AvgIpc) is 2.34. The van der Waals surface area contributed by atoms with Crippen molar-refractivity contribution in [3.8, 4) is 0 Å². The summed E-state index contributed by atoms with van der Waals surface area (Å²) in [6.07, 6.45) is -0.273. The molecule has 4 nitrogen and oxygen atoms in total. The van der Waals surface area contributed by atoms with E-state index in [1.807, 2.05) is 12.1 Å². The van der Waals surface area contributed by atoms with Gasteiger partial charge in [0, 0.05) is 12.2 Å². The highest BCUT2D eigenvalue weighted by Crippen LogP contribution is 2.30. The zero-order valence-corrected chi connectivity index (χ0v) is 13.5. The molecule has 1 aliphatic heterocycles. The van der Waals surface area contributed by atoms with E-state index in [0.717, 1.165) is 30.0 Å². The Morgan fingerprint density at radius 2 is 2.05 bits per heavy atom. The maximum atomic E-state index is 11.3. The maximum Gasteiger partial charge on any atom is 0.411 e. The molecule has 1 amide bonds. The molecule has 0 unspecified atom stereocenters. The molecule has 8 heteroatoms. The molecule has 1 aromatic carbocycles. The van der Waals surface area contributed by atoms with Crippen molar-refractivity contribution in [2.24, 2.45) is 0 Å². The number of carbonyl (C=O) groups is 1. The Kier molecular flexibility index (Phi) is 6.23. The molecule has 0 bridgehead atoms. The van der Waals surface area contributed by atoms with E-state index in [9.17, 15) is 9.90 Å². The summed E-state index contributed by atoms with van der Waals surface area (Å²) >= 11 is 17.0. The van der Waals surface area contributed by atoms with Gasteiger partial charge in [0.25, 0.3) is 0 Å². The number of alkyl halides is 3. The van der Waals surface area contributed by atoms with Gasteiger partial charge in [-0.15, -0.1) is 12.4 Å². The minimum absolute atomic E-state index is 0. The monoisotopic (exact) mass is 358 g/mol. The number of hydrogen-bond donors (Lipinski definition) is 2. The van der Waals surface area contributed by atoms with Crippen LogP contribution in [-0.2, 0) is 13.0 Å². The Bertz CT molecular complexity index is 491. The third kappa shape index (κ3) is 4.57. The van der Waals surface area contributed by atoms with Crippen LogP contribution in [0.3, 0.4) is 0 Å². The molecule has 2 N–H and O–H groups in total. The van der Waals surface area contributed by atoms with Crippen molar-refractivity contribution in [2.45, 2.75) is 16.8 Å². The molecule has 2 rings (SSSR count). The molecular weight excluding hydrogens is 346 g/mol. The third-order valence-electron chi connectivity index (χ3n) is 2.96. The zero-order valence-electron chi connectivity index (χ0n) is 10.4. The van der Waals surface area contributed by atoms with Crippen LogP contribution >= 0.6 is 47.2 Å². The second-order valence-electron chi connectivity index (χ2n) is 4.36. The molecule has 0 radical (unpaired) electrons. The Hall–Kier alpha value is -0.390. The van der Waals surface area contributed by atoms with Crippen LogP contribution in [0.25, 0.3) is 0 Å². The minimum atomic E-state index is -1.64. The van der Waals surface area contributed by atoms with Gasteiger partial charge in [-0.25, -0.2) is 4.79 Å². The lowest BCUT2D eigenvalue weighted by molar-refractivity contribution is 0.202. The molecule has 0 fully saturated rings. The second kappa shape index (κ2) is 7.05. The summed E-state index contributed by atoms with van der Waals surface area (Å²) in [6, 6.07) is 5.49. The number of hydrogen-bond acceptors (Lipinski definition) is 2. The summed E-state index contributed by atoms with van der Waals surface area (Å²) in [5.74, 6) is 0. The van der Waals surface area contributed by atoms with Crippen LogP contribution < -0.4 is 10.2 Å². The van der Waals surface area contributed by atoms with E-state index < -0.39 is 9.89 Å². The lowest BCUT2D eigenvalue weighted by Crippen LogP contribution is -2.37. The van der Waals surface area contributed by atoms with E-state index in [-0.39, 0.29) is 19.0 Å². The van der Waals surface area contributed by atoms with Gasteiger partial charge in [0.15, 0.2) is 0 Å². The zero-order chi connectivity index (χ0) is 14.0. The van der Waals surface area contributed by atoms with Gasteiger partial charge < -0.3 is 10.4 Å². The average molecular weight is 360 g/mol. The molecule has 0 saturated carbocycles. The smallest absolute Gasteiger partial charge is 0.411 e. The highest BCUT2D eigenvalue weighted by molar-refractivity contribution is 6.68. The summed E-state index contributed by atoms with van der Waals surface area (Å²) < 4.78 is -1.64. The van der Waals surface area contributed by atoms with Crippen LogP contribution in [0.1, 0.15) is 11.1 Å². The second-order valence-corrected chi connectivity index (χ2v) is 6.88. The third-order valence-corrected chi connectivity index (χ3v) is 3.31. The van der Waals surface area contributed by atoms with Gasteiger partial charge in [0.05, 0.1) is 6.54 Å². The van der Waals surface area contributed by atoms with Crippen LogP contribution in [-0.4, -0.2) is 28.1 Å². The van der Waals surface area contributed by atoms with Crippen molar-refractivity contribution in [3.63, 3.8) is 0 Å². The molecule has 0 atom stereocenters. The summed E-state index contributed by atoms with van der Waals surface area (Å²) in [7, 11) is 0.